The number of nitrogens with zero attached hydrogens (tertiary/aromatic N) is 3. The molecule has 1 heterocycles. The highest BCUT2D eigenvalue weighted by Gasteiger charge is 2.20. The SMILES string of the molecule is Cc1cccc(Cn2nnc(C(=O)O)c2-c2ccc(Cl)cc2)c1. The Labute approximate surface area is 138 Å². The highest BCUT2D eigenvalue weighted by atomic mass is 35.5. The molecule has 0 saturated carbocycles. The first-order valence-electron chi connectivity index (χ1n) is 7.03. The number of carboxylic acids is 1. The molecule has 0 aliphatic carbocycles. The minimum atomic E-state index is -1.11. The van der Waals surface area contributed by atoms with Gasteiger partial charge in [0.25, 0.3) is 0 Å². The second kappa shape index (κ2) is 6.22. The first-order chi connectivity index (χ1) is 11.0. The van der Waals surface area contributed by atoms with Crippen LogP contribution in [0.3, 0.4) is 0 Å². The van der Waals surface area contributed by atoms with E-state index in [9.17, 15) is 9.90 Å². The van der Waals surface area contributed by atoms with E-state index in [1.165, 1.54) is 0 Å². The Morgan fingerprint density at radius 3 is 2.61 bits per heavy atom. The van der Waals surface area contributed by atoms with Crippen molar-refractivity contribution in [3.05, 3.63) is 70.4 Å². The Bertz CT molecular complexity index is 857. The van der Waals surface area contributed by atoms with E-state index >= 15 is 0 Å². The molecule has 2 aromatic carbocycles. The monoisotopic (exact) mass is 327 g/mol. The molecular weight excluding hydrogens is 314 g/mol. The molecule has 116 valence electrons. The van der Waals surface area contributed by atoms with Gasteiger partial charge in [-0.15, -0.1) is 5.10 Å². The molecule has 6 heteroatoms. The molecule has 5 nitrogen and oxygen atoms in total. The van der Waals surface area contributed by atoms with Crippen molar-refractivity contribution in [1.82, 2.24) is 15.0 Å². The Morgan fingerprint density at radius 1 is 1.22 bits per heavy atom. The maximum absolute atomic E-state index is 11.4. The summed E-state index contributed by atoms with van der Waals surface area (Å²) in [6.45, 7) is 2.45. The number of aromatic carboxylic acids is 1. The van der Waals surface area contributed by atoms with Gasteiger partial charge in [0, 0.05) is 10.6 Å². The smallest absolute Gasteiger partial charge is 0.358 e. The lowest BCUT2D eigenvalue weighted by Gasteiger charge is -2.08. The van der Waals surface area contributed by atoms with Gasteiger partial charge in [0.1, 0.15) is 5.69 Å². The minimum absolute atomic E-state index is 0.0695. The van der Waals surface area contributed by atoms with Gasteiger partial charge >= 0.3 is 5.97 Å². The van der Waals surface area contributed by atoms with Gasteiger partial charge in [-0.05, 0) is 24.6 Å². The maximum atomic E-state index is 11.4. The molecule has 3 aromatic rings. The summed E-state index contributed by atoms with van der Waals surface area (Å²) in [5.74, 6) is -1.11. The lowest BCUT2D eigenvalue weighted by Crippen LogP contribution is -2.06. The van der Waals surface area contributed by atoms with Crippen molar-refractivity contribution in [3.63, 3.8) is 0 Å². The summed E-state index contributed by atoms with van der Waals surface area (Å²) in [4.78, 5) is 11.4. The third-order valence-corrected chi connectivity index (χ3v) is 3.72. The van der Waals surface area contributed by atoms with Crippen LogP contribution in [0.15, 0.2) is 48.5 Å². The molecule has 0 spiro atoms. The first-order valence-corrected chi connectivity index (χ1v) is 7.40. The van der Waals surface area contributed by atoms with Crippen LogP contribution in [0.1, 0.15) is 21.6 Å². The molecule has 0 unspecified atom stereocenters. The molecule has 0 radical (unpaired) electrons. The van der Waals surface area contributed by atoms with Crippen LogP contribution >= 0.6 is 11.6 Å². The van der Waals surface area contributed by atoms with Crippen LogP contribution in [0.25, 0.3) is 11.3 Å². The number of hydrogen-bond donors (Lipinski definition) is 1. The summed E-state index contributed by atoms with van der Waals surface area (Å²) >= 11 is 5.91. The summed E-state index contributed by atoms with van der Waals surface area (Å²) < 4.78 is 1.60. The van der Waals surface area contributed by atoms with Crippen molar-refractivity contribution in [1.29, 1.82) is 0 Å². The summed E-state index contributed by atoms with van der Waals surface area (Å²) in [7, 11) is 0. The predicted octanol–water partition coefficient (Wildman–Crippen LogP) is 3.65. The average molecular weight is 328 g/mol. The Kier molecular flexibility index (Phi) is 4.12. The lowest BCUT2D eigenvalue weighted by atomic mass is 10.1. The standard InChI is InChI=1S/C17H14ClN3O2/c1-11-3-2-4-12(9-11)10-21-16(15(17(22)23)19-20-21)13-5-7-14(18)8-6-13/h2-9H,10H2,1H3,(H,22,23). The van der Waals surface area contributed by atoms with Gasteiger partial charge in [-0.1, -0.05) is 58.8 Å². The fourth-order valence-corrected chi connectivity index (χ4v) is 2.57. The highest BCUT2D eigenvalue weighted by Crippen LogP contribution is 2.25. The average Bonchev–Trinajstić information content (AvgIpc) is 2.92. The number of rotatable bonds is 4. The molecule has 0 bridgehead atoms. The molecule has 1 N–H and O–H groups in total. The Hall–Kier alpha value is -2.66. The van der Waals surface area contributed by atoms with Crippen LogP contribution in [0, 0.1) is 6.92 Å². The zero-order valence-corrected chi connectivity index (χ0v) is 13.2. The van der Waals surface area contributed by atoms with E-state index < -0.39 is 5.97 Å². The van der Waals surface area contributed by atoms with Gasteiger partial charge in [0.2, 0.25) is 0 Å². The van der Waals surface area contributed by atoms with Crippen LogP contribution in [0.4, 0.5) is 0 Å². The van der Waals surface area contributed by atoms with Crippen molar-refractivity contribution in [2.75, 3.05) is 0 Å². The Balaban J connectivity index is 2.07. The predicted molar refractivity (Wildman–Crippen MR) is 87.7 cm³/mol. The summed E-state index contributed by atoms with van der Waals surface area (Å²) in [6, 6.07) is 14.9. The zero-order chi connectivity index (χ0) is 16.4. The molecule has 1 aromatic heterocycles. The molecule has 23 heavy (non-hydrogen) atoms. The Morgan fingerprint density at radius 2 is 1.96 bits per heavy atom. The zero-order valence-electron chi connectivity index (χ0n) is 12.4. The molecule has 0 aliphatic heterocycles. The molecular formula is C17H14ClN3O2. The molecule has 0 saturated heterocycles. The molecule has 0 amide bonds. The second-order valence-electron chi connectivity index (χ2n) is 5.25. The largest absolute Gasteiger partial charge is 0.476 e. The van der Waals surface area contributed by atoms with Gasteiger partial charge < -0.3 is 5.11 Å². The van der Waals surface area contributed by atoms with E-state index in [1.54, 1.807) is 28.9 Å². The topological polar surface area (TPSA) is 68.0 Å². The highest BCUT2D eigenvalue weighted by molar-refractivity contribution is 6.30. The van der Waals surface area contributed by atoms with Crippen LogP contribution in [-0.2, 0) is 6.54 Å². The number of hydrogen-bond acceptors (Lipinski definition) is 3. The first kappa shape index (κ1) is 15.2. The third kappa shape index (κ3) is 3.24. The van der Waals surface area contributed by atoms with Gasteiger partial charge in [0.05, 0.1) is 6.54 Å². The van der Waals surface area contributed by atoms with Crippen LogP contribution in [0.2, 0.25) is 5.02 Å². The number of carboxylic acid groups (broad SMARTS) is 1. The lowest BCUT2D eigenvalue weighted by molar-refractivity contribution is 0.0691. The quantitative estimate of drug-likeness (QED) is 0.794. The number of benzene rings is 2. The summed E-state index contributed by atoms with van der Waals surface area (Å²) in [6.07, 6.45) is 0. The molecule has 3 rings (SSSR count). The van der Waals surface area contributed by atoms with Crippen molar-refractivity contribution in [2.45, 2.75) is 13.5 Å². The van der Waals surface area contributed by atoms with Gasteiger partial charge in [-0.3, -0.25) is 0 Å². The van der Waals surface area contributed by atoms with Gasteiger partial charge in [-0.2, -0.15) is 0 Å². The normalized spacial score (nSPS) is 10.7. The van der Waals surface area contributed by atoms with E-state index in [2.05, 4.69) is 10.3 Å². The third-order valence-electron chi connectivity index (χ3n) is 3.47. The van der Waals surface area contributed by atoms with Crippen LogP contribution in [-0.4, -0.2) is 26.1 Å². The fraction of sp³-hybridized carbons (Fsp3) is 0.118. The summed E-state index contributed by atoms with van der Waals surface area (Å²) in [5, 5.41) is 17.8. The number of aryl methyl sites for hydroxylation is 1. The number of aromatic nitrogens is 3. The molecule has 0 fully saturated rings. The van der Waals surface area contributed by atoms with E-state index in [0.29, 0.717) is 22.8 Å². The van der Waals surface area contributed by atoms with Crippen molar-refractivity contribution in [3.8, 4) is 11.3 Å². The molecule has 0 aliphatic rings. The van der Waals surface area contributed by atoms with E-state index in [-0.39, 0.29) is 5.69 Å². The van der Waals surface area contributed by atoms with Gasteiger partial charge in [-0.25, -0.2) is 9.48 Å². The molecule has 0 atom stereocenters. The van der Waals surface area contributed by atoms with Crippen molar-refractivity contribution >= 4 is 17.6 Å². The minimum Gasteiger partial charge on any atom is -0.476 e. The van der Waals surface area contributed by atoms with Gasteiger partial charge in [0.15, 0.2) is 5.69 Å². The van der Waals surface area contributed by atoms with Crippen LogP contribution in [0.5, 0.6) is 0 Å². The van der Waals surface area contributed by atoms with Crippen LogP contribution < -0.4 is 0 Å². The van der Waals surface area contributed by atoms with E-state index in [4.69, 9.17) is 11.6 Å². The van der Waals surface area contributed by atoms with Crippen molar-refractivity contribution < 1.29 is 9.90 Å². The summed E-state index contributed by atoms with van der Waals surface area (Å²) in [5.41, 5.74) is 3.27. The van der Waals surface area contributed by atoms with E-state index in [1.807, 2.05) is 31.2 Å². The second-order valence-corrected chi connectivity index (χ2v) is 5.68. The number of carbonyl (C=O) groups is 1. The fourth-order valence-electron chi connectivity index (χ4n) is 2.44. The maximum Gasteiger partial charge on any atom is 0.358 e. The van der Waals surface area contributed by atoms with E-state index in [0.717, 1.165) is 11.1 Å². The number of halogens is 1. The van der Waals surface area contributed by atoms with Crippen molar-refractivity contribution in [2.24, 2.45) is 0 Å².